The molecule has 9 rings (SSSR count). The maximum atomic E-state index is 12.4. The minimum atomic E-state index is -0.251. The van der Waals surface area contributed by atoms with Crippen molar-refractivity contribution in [3.63, 3.8) is 0 Å². The predicted octanol–water partition coefficient (Wildman–Crippen LogP) is 20.2. The molecule has 0 saturated carbocycles. The fourth-order valence-electron chi connectivity index (χ4n) is 14.5. The Kier molecular flexibility index (Phi) is 41.4. The number of carbonyl (C=O) groups excluding carboxylic acids is 5. The molecule has 0 aliphatic heterocycles. The molecule has 0 bridgehead atoms. The van der Waals surface area contributed by atoms with Gasteiger partial charge in [0.05, 0.1) is 127 Å². The highest BCUT2D eigenvalue weighted by Gasteiger charge is 2.28. The molecule has 0 radical (unpaired) electrons. The first-order valence-electron chi connectivity index (χ1n) is 41.6. The van der Waals surface area contributed by atoms with Crippen LogP contribution in [-0.2, 0) is 23.7 Å². The van der Waals surface area contributed by atoms with Gasteiger partial charge in [-0.2, -0.15) is 0 Å². The van der Waals surface area contributed by atoms with Crippen LogP contribution in [0.2, 0.25) is 0 Å². The highest BCUT2D eigenvalue weighted by atomic mass is 16.5. The molecule has 2 atom stereocenters. The molecular formula is C96H138N5O10+5. The van der Waals surface area contributed by atoms with E-state index >= 15 is 0 Å². The molecule has 0 saturated heterocycles. The molecule has 2 unspecified atom stereocenters. The van der Waals surface area contributed by atoms with Crippen LogP contribution in [0.4, 0.5) is 0 Å². The lowest BCUT2D eigenvalue weighted by Gasteiger charge is -2.37. The van der Waals surface area contributed by atoms with Gasteiger partial charge < -0.3 is 46.1 Å². The second-order valence-electron chi connectivity index (χ2n) is 30.5. The van der Waals surface area contributed by atoms with E-state index in [9.17, 15) is 24.0 Å². The Morgan fingerprint density at radius 1 is 0.225 bits per heavy atom. The van der Waals surface area contributed by atoms with Crippen LogP contribution in [0.15, 0.2) is 200 Å². The number of hydrogen-bond acceptors (Lipinski definition) is 10. The van der Waals surface area contributed by atoms with E-state index in [1.807, 2.05) is 182 Å². The lowest BCUT2D eigenvalue weighted by molar-refractivity contribution is -0.926. The summed E-state index contributed by atoms with van der Waals surface area (Å²) in [7, 11) is 6.22. The summed E-state index contributed by atoms with van der Waals surface area (Å²) in [4.78, 5) is 60.9. The van der Waals surface area contributed by atoms with Crippen molar-refractivity contribution in [1.82, 2.24) is 0 Å². The summed E-state index contributed by atoms with van der Waals surface area (Å²) in [6.07, 6.45) is 9.54. The van der Waals surface area contributed by atoms with Gasteiger partial charge >= 0.3 is 29.8 Å². The molecular weight excluding hydrogens is 1380 g/mol. The summed E-state index contributed by atoms with van der Waals surface area (Å²) in [5.41, 5.74) is 3.14. The number of carbonyl (C=O) groups is 5. The van der Waals surface area contributed by atoms with Crippen molar-refractivity contribution in [1.29, 1.82) is 0 Å². The third kappa shape index (κ3) is 31.3. The van der Waals surface area contributed by atoms with Crippen LogP contribution in [0.3, 0.4) is 0 Å². The van der Waals surface area contributed by atoms with Crippen LogP contribution in [-0.4, -0.2) is 218 Å². The van der Waals surface area contributed by atoms with Gasteiger partial charge in [-0.3, -0.25) is 0 Å². The number of unbranched alkanes of at least 4 members (excludes halogenated alkanes) is 2. The van der Waals surface area contributed by atoms with E-state index in [1.165, 1.54) is 51.7 Å². The largest absolute Gasteiger partial charge is 0.456 e. The van der Waals surface area contributed by atoms with Crippen LogP contribution >= 0.6 is 0 Å². The number of fused-ring (bicyclic) bond motifs is 4. The molecule has 0 aromatic heterocycles. The van der Waals surface area contributed by atoms with Crippen LogP contribution in [0.5, 0.6) is 0 Å². The number of quaternary nitrogens is 5. The molecule has 602 valence electrons. The second-order valence-corrected chi connectivity index (χ2v) is 30.5. The van der Waals surface area contributed by atoms with Gasteiger partial charge in [-0.05, 0) is 184 Å². The normalized spacial score (nSPS) is 12.4. The van der Waals surface area contributed by atoms with E-state index in [1.54, 1.807) is 12.1 Å². The zero-order valence-electron chi connectivity index (χ0n) is 70.6. The molecule has 0 spiro atoms. The molecule has 15 nitrogen and oxygen atoms in total. The Bertz CT molecular complexity index is 4190. The Balaban J connectivity index is 0.000000249. The van der Waals surface area contributed by atoms with Crippen molar-refractivity contribution in [3.05, 3.63) is 228 Å². The Morgan fingerprint density at radius 3 is 0.694 bits per heavy atom. The van der Waals surface area contributed by atoms with Crippen LogP contribution in [0.25, 0.3) is 43.1 Å². The monoisotopic (exact) mass is 1520 g/mol. The minimum absolute atomic E-state index is 0.211. The summed E-state index contributed by atoms with van der Waals surface area (Å²) in [6.45, 7) is 47.0. The van der Waals surface area contributed by atoms with Crippen LogP contribution in [0, 0.1) is 0 Å². The molecule has 0 aliphatic carbocycles. The number of hydrogen-bond donors (Lipinski definition) is 0. The van der Waals surface area contributed by atoms with E-state index in [0.29, 0.717) is 60.9 Å². The van der Waals surface area contributed by atoms with E-state index in [0.717, 1.165) is 176 Å². The van der Waals surface area contributed by atoms with Crippen molar-refractivity contribution in [2.45, 2.75) is 134 Å². The molecule has 0 heterocycles. The smallest absolute Gasteiger partial charge is 0.338 e. The Morgan fingerprint density at radius 2 is 0.450 bits per heavy atom. The van der Waals surface area contributed by atoms with Crippen molar-refractivity contribution in [3.8, 4) is 0 Å². The summed E-state index contributed by atoms with van der Waals surface area (Å²) >= 11 is 0. The molecule has 0 amide bonds. The number of nitrogens with zero attached hydrogens (tertiary/aromatic N) is 5. The molecule has 0 N–H and O–H groups in total. The van der Waals surface area contributed by atoms with Gasteiger partial charge in [-0.15, -0.1) is 0 Å². The SMILES string of the molecule is CCCC[N+](CC)(CCC)CCOC(=O)c1ccc2ccccc2c1.CCCC[N+](CC)(CCC)CCOC(=O)c1ccccc1.CCC[N+](CC)(CCC)CCOC(=O)c1ccc2ccccc2c1.CC[N+](CC)(CC)CCOC(=O)c1ccc2ccccc2c1.C[N+](C)(C)CCOC(=O)c1ccc2ccccc2c1. The van der Waals surface area contributed by atoms with Gasteiger partial charge in [0, 0.05) is 0 Å². The topological polar surface area (TPSA) is 132 Å². The highest BCUT2D eigenvalue weighted by molar-refractivity contribution is 5.98. The molecule has 15 heteroatoms. The number of likely N-dealkylation sites (N-methyl/N-ethyl adjacent to an activating group) is 5. The second kappa shape index (κ2) is 49.5. The van der Waals surface area contributed by atoms with Crippen LogP contribution < -0.4 is 0 Å². The Labute approximate surface area is 667 Å². The maximum Gasteiger partial charge on any atom is 0.338 e. The van der Waals surface area contributed by atoms with Crippen molar-refractivity contribution < 1.29 is 70.1 Å². The van der Waals surface area contributed by atoms with Gasteiger partial charge in [0.15, 0.2) is 0 Å². The first kappa shape index (κ1) is 92.8. The number of esters is 5. The minimum Gasteiger partial charge on any atom is -0.456 e. The lowest BCUT2D eigenvalue weighted by atomic mass is 10.1. The first-order valence-corrected chi connectivity index (χ1v) is 41.6. The molecule has 111 heavy (non-hydrogen) atoms. The maximum absolute atomic E-state index is 12.4. The molecule has 0 fully saturated rings. The quantitative estimate of drug-likeness (QED) is 0.0208. The molecule has 9 aromatic carbocycles. The van der Waals surface area contributed by atoms with Crippen molar-refractivity contribution in [2.75, 3.05) is 165 Å². The predicted molar refractivity (Wildman–Crippen MR) is 460 cm³/mol. The summed E-state index contributed by atoms with van der Waals surface area (Å²) in [5, 5.41) is 8.82. The van der Waals surface area contributed by atoms with E-state index < -0.39 is 0 Å². The zero-order chi connectivity index (χ0) is 81.0. The van der Waals surface area contributed by atoms with Crippen LogP contribution in [0.1, 0.15) is 186 Å². The molecule has 0 aliphatic rings. The van der Waals surface area contributed by atoms with Gasteiger partial charge in [0.25, 0.3) is 0 Å². The van der Waals surface area contributed by atoms with E-state index in [4.69, 9.17) is 23.7 Å². The fraction of sp³-hybridized carbons (Fsp3) is 0.469. The summed E-state index contributed by atoms with van der Waals surface area (Å²) in [5.74, 6) is -1.13. The standard InChI is InChI=1S/C22H32NO2.C21H30NO2.C19H26NO2.C18H30NO2.C16H20NO2/c1-4-7-15-23(6-3,14-5-2)16-17-25-22(24)21-13-12-19-10-8-9-11-20(19)18-21;1-4-13-22(6-3,14-5-2)15-16-24-21(23)20-12-11-18-9-7-8-10-19(18)17-20;1-4-20(5-2,6-3)13-14-22-19(21)18-12-11-16-9-7-8-10-17(16)15-18;1-4-7-14-19(6-3,13-5-2)15-16-21-18(20)17-11-9-8-10-12-17;1-17(2,3)10-11-19-16(18)15-9-8-13-6-4-5-7-14(13)12-15/h8-13,18H,4-7,14-17H2,1-3H3;7-12,17H,4-6,13-16H2,1-3H3;7-12,15H,4-6,13-14H2,1-3H3;8-12H,4-7,13-16H2,1-3H3;4-9,12H,10-11H2,1-3H3/q5*+1. The fourth-order valence-corrected chi connectivity index (χ4v) is 14.5. The zero-order valence-corrected chi connectivity index (χ0v) is 70.6. The van der Waals surface area contributed by atoms with E-state index in [-0.39, 0.29) is 29.8 Å². The third-order valence-electron chi connectivity index (χ3n) is 21.9. The third-order valence-corrected chi connectivity index (χ3v) is 21.9. The number of benzene rings is 9. The number of ether oxygens (including phenoxy) is 5. The Hall–Kier alpha value is -8.83. The summed E-state index contributed by atoms with van der Waals surface area (Å²) in [6, 6.07) is 64.2. The average Bonchev–Trinajstić information content (AvgIpc) is 0.844. The van der Waals surface area contributed by atoms with Gasteiger partial charge in [-0.25, -0.2) is 24.0 Å². The number of rotatable bonds is 40. The van der Waals surface area contributed by atoms with Crippen molar-refractivity contribution in [2.24, 2.45) is 0 Å². The van der Waals surface area contributed by atoms with E-state index in [2.05, 4.69) is 110 Å². The van der Waals surface area contributed by atoms with Gasteiger partial charge in [-0.1, -0.05) is 194 Å². The molecule has 9 aromatic rings. The van der Waals surface area contributed by atoms with Gasteiger partial charge in [0.1, 0.15) is 65.8 Å². The summed E-state index contributed by atoms with van der Waals surface area (Å²) < 4.78 is 32.3. The highest BCUT2D eigenvalue weighted by Crippen LogP contribution is 2.23. The average molecular weight is 1520 g/mol. The lowest BCUT2D eigenvalue weighted by Crippen LogP contribution is -2.51. The first-order chi connectivity index (χ1) is 53.5. The van der Waals surface area contributed by atoms with Gasteiger partial charge in [0.2, 0.25) is 0 Å². The van der Waals surface area contributed by atoms with Crippen molar-refractivity contribution >= 4 is 72.9 Å².